The van der Waals surface area contributed by atoms with Crippen molar-refractivity contribution in [2.75, 3.05) is 13.2 Å². The zero-order chi connectivity index (χ0) is 13.3. The van der Waals surface area contributed by atoms with Gasteiger partial charge in [-0.1, -0.05) is 12.1 Å². The van der Waals surface area contributed by atoms with E-state index in [9.17, 15) is 8.42 Å². The highest BCUT2D eigenvalue weighted by Gasteiger charge is 2.36. The van der Waals surface area contributed by atoms with E-state index in [1.807, 2.05) is 26.0 Å². The predicted octanol–water partition coefficient (Wildman–Crippen LogP) is 1.19. The van der Waals surface area contributed by atoms with E-state index in [4.69, 9.17) is 10.5 Å². The second-order valence-corrected chi connectivity index (χ2v) is 7.02. The van der Waals surface area contributed by atoms with Gasteiger partial charge in [0.15, 0.2) is 9.84 Å². The second kappa shape index (κ2) is 4.99. The van der Waals surface area contributed by atoms with Gasteiger partial charge in [-0.25, -0.2) is 8.42 Å². The molecule has 1 heterocycles. The van der Waals surface area contributed by atoms with Crippen molar-refractivity contribution in [1.29, 1.82) is 0 Å². The molecule has 0 radical (unpaired) electrons. The first-order chi connectivity index (χ1) is 8.43. The summed E-state index contributed by atoms with van der Waals surface area (Å²) in [4.78, 5) is 0.383. The Hall–Kier alpha value is -0.910. The molecule has 1 aromatic rings. The molecule has 0 amide bonds. The molecular formula is C13H19NO3S. The van der Waals surface area contributed by atoms with Crippen LogP contribution in [0.3, 0.4) is 0 Å². The monoisotopic (exact) mass is 269 g/mol. The largest absolute Gasteiger partial charge is 0.380 e. The summed E-state index contributed by atoms with van der Waals surface area (Å²) in [6, 6.07) is 5.11. The van der Waals surface area contributed by atoms with Gasteiger partial charge in [0.25, 0.3) is 0 Å². The summed E-state index contributed by atoms with van der Waals surface area (Å²) in [6.45, 7) is 4.42. The quantitative estimate of drug-likeness (QED) is 0.875. The molecule has 0 aromatic heterocycles. The van der Waals surface area contributed by atoms with E-state index in [1.54, 1.807) is 6.07 Å². The number of aryl methyl sites for hydroxylation is 2. The zero-order valence-electron chi connectivity index (χ0n) is 10.7. The zero-order valence-corrected chi connectivity index (χ0v) is 11.5. The molecule has 1 aliphatic heterocycles. The number of hydrogen-bond acceptors (Lipinski definition) is 4. The Kier molecular flexibility index (Phi) is 3.75. The highest BCUT2D eigenvalue weighted by molar-refractivity contribution is 7.92. The number of hydrogen-bond donors (Lipinski definition) is 1. The van der Waals surface area contributed by atoms with Crippen molar-refractivity contribution in [3.05, 3.63) is 29.3 Å². The molecule has 18 heavy (non-hydrogen) atoms. The summed E-state index contributed by atoms with van der Waals surface area (Å²) in [5.41, 5.74) is 7.63. The minimum Gasteiger partial charge on any atom is -0.380 e. The van der Waals surface area contributed by atoms with E-state index in [0.717, 1.165) is 11.1 Å². The van der Waals surface area contributed by atoms with E-state index in [2.05, 4.69) is 0 Å². The first kappa shape index (κ1) is 13.5. The maximum absolute atomic E-state index is 12.6. The summed E-state index contributed by atoms with van der Waals surface area (Å²) < 4.78 is 30.5. The molecule has 1 aliphatic rings. The minimum absolute atomic E-state index is 0.191. The van der Waals surface area contributed by atoms with Crippen molar-refractivity contribution in [3.63, 3.8) is 0 Å². The molecule has 0 spiro atoms. The molecule has 100 valence electrons. The van der Waals surface area contributed by atoms with Gasteiger partial charge in [0.1, 0.15) is 5.25 Å². The molecule has 5 heteroatoms. The molecule has 2 unspecified atom stereocenters. The van der Waals surface area contributed by atoms with Crippen LogP contribution in [0.5, 0.6) is 0 Å². The van der Waals surface area contributed by atoms with Crippen LogP contribution in [0.15, 0.2) is 23.1 Å². The standard InChI is InChI=1S/C13H19NO3S/c1-9-3-4-10(2)12(7-9)18(15,16)13-8-17-6-5-11(13)14/h3-4,7,11,13H,5-6,8,14H2,1-2H3. The van der Waals surface area contributed by atoms with Crippen LogP contribution in [-0.2, 0) is 14.6 Å². The Morgan fingerprint density at radius 3 is 2.72 bits per heavy atom. The molecule has 2 N–H and O–H groups in total. The number of ether oxygens (including phenoxy) is 1. The molecular weight excluding hydrogens is 250 g/mol. The molecule has 0 saturated carbocycles. The molecule has 0 bridgehead atoms. The second-order valence-electron chi connectivity index (χ2n) is 4.88. The summed E-state index contributed by atoms with van der Waals surface area (Å²) in [6.07, 6.45) is 0.592. The van der Waals surface area contributed by atoms with Crippen LogP contribution in [0.4, 0.5) is 0 Å². The lowest BCUT2D eigenvalue weighted by Crippen LogP contribution is -2.47. The van der Waals surface area contributed by atoms with E-state index >= 15 is 0 Å². The molecule has 2 rings (SSSR count). The van der Waals surface area contributed by atoms with E-state index in [0.29, 0.717) is 17.9 Å². The van der Waals surface area contributed by atoms with Crippen LogP contribution in [0.2, 0.25) is 0 Å². The first-order valence-corrected chi connectivity index (χ1v) is 7.62. The van der Waals surface area contributed by atoms with Crippen molar-refractivity contribution in [1.82, 2.24) is 0 Å². The van der Waals surface area contributed by atoms with Gasteiger partial charge in [-0.15, -0.1) is 0 Å². The Morgan fingerprint density at radius 1 is 1.33 bits per heavy atom. The fourth-order valence-electron chi connectivity index (χ4n) is 2.23. The fraction of sp³-hybridized carbons (Fsp3) is 0.538. The molecule has 4 nitrogen and oxygen atoms in total. The maximum Gasteiger partial charge on any atom is 0.185 e. The maximum atomic E-state index is 12.6. The molecule has 1 saturated heterocycles. The Labute approximate surface area is 108 Å². The Morgan fingerprint density at radius 2 is 2.06 bits per heavy atom. The van der Waals surface area contributed by atoms with Gasteiger partial charge in [0, 0.05) is 12.6 Å². The van der Waals surface area contributed by atoms with Crippen molar-refractivity contribution < 1.29 is 13.2 Å². The lowest BCUT2D eigenvalue weighted by atomic mass is 10.1. The van der Waals surface area contributed by atoms with E-state index in [-0.39, 0.29) is 12.6 Å². The summed E-state index contributed by atoms with van der Waals surface area (Å²) in [5, 5.41) is -0.633. The molecule has 2 atom stereocenters. The first-order valence-electron chi connectivity index (χ1n) is 6.07. The van der Waals surface area contributed by atoms with E-state index in [1.165, 1.54) is 0 Å². The van der Waals surface area contributed by atoms with Gasteiger partial charge in [0.05, 0.1) is 11.5 Å². The third kappa shape index (κ3) is 2.43. The smallest absolute Gasteiger partial charge is 0.185 e. The summed E-state index contributed by atoms with van der Waals surface area (Å²) in [5.74, 6) is 0. The third-order valence-corrected chi connectivity index (χ3v) is 5.74. The van der Waals surface area contributed by atoms with Gasteiger partial charge in [-0.3, -0.25) is 0 Å². The lowest BCUT2D eigenvalue weighted by molar-refractivity contribution is 0.0891. The van der Waals surface area contributed by atoms with Crippen molar-refractivity contribution >= 4 is 9.84 Å². The van der Waals surface area contributed by atoms with Gasteiger partial charge in [-0.05, 0) is 37.5 Å². The molecule has 1 aromatic carbocycles. The van der Waals surface area contributed by atoms with Crippen molar-refractivity contribution in [2.45, 2.75) is 36.5 Å². The van der Waals surface area contributed by atoms with Gasteiger partial charge < -0.3 is 10.5 Å². The van der Waals surface area contributed by atoms with Gasteiger partial charge in [0.2, 0.25) is 0 Å². The number of nitrogens with two attached hydrogens (primary N) is 1. The average Bonchev–Trinajstić information content (AvgIpc) is 2.32. The van der Waals surface area contributed by atoms with Crippen molar-refractivity contribution in [2.24, 2.45) is 5.73 Å². The number of rotatable bonds is 2. The van der Waals surface area contributed by atoms with Crippen LogP contribution in [0.1, 0.15) is 17.5 Å². The topological polar surface area (TPSA) is 69.4 Å². The SMILES string of the molecule is Cc1ccc(C)c(S(=O)(=O)C2COCCC2N)c1. The average molecular weight is 269 g/mol. The minimum atomic E-state index is -3.41. The summed E-state index contributed by atoms with van der Waals surface area (Å²) >= 11 is 0. The number of benzene rings is 1. The van der Waals surface area contributed by atoms with Crippen LogP contribution in [0, 0.1) is 13.8 Å². The highest BCUT2D eigenvalue weighted by atomic mass is 32.2. The summed E-state index contributed by atoms with van der Waals surface area (Å²) in [7, 11) is -3.41. The molecule has 0 aliphatic carbocycles. The van der Waals surface area contributed by atoms with Crippen LogP contribution < -0.4 is 5.73 Å². The van der Waals surface area contributed by atoms with Crippen molar-refractivity contribution in [3.8, 4) is 0 Å². The van der Waals surface area contributed by atoms with Crippen LogP contribution in [-0.4, -0.2) is 32.9 Å². The highest BCUT2D eigenvalue weighted by Crippen LogP contribution is 2.25. The van der Waals surface area contributed by atoms with Crippen LogP contribution in [0.25, 0.3) is 0 Å². The lowest BCUT2D eigenvalue weighted by Gasteiger charge is -2.28. The van der Waals surface area contributed by atoms with E-state index < -0.39 is 15.1 Å². The fourth-order valence-corrected chi connectivity index (χ4v) is 4.29. The third-order valence-electron chi connectivity index (χ3n) is 3.40. The molecule has 1 fully saturated rings. The Bertz CT molecular complexity index is 539. The van der Waals surface area contributed by atoms with Crippen LogP contribution >= 0.6 is 0 Å². The number of sulfone groups is 1. The van der Waals surface area contributed by atoms with Gasteiger partial charge in [-0.2, -0.15) is 0 Å². The Balaban J connectivity index is 2.44. The predicted molar refractivity (Wildman–Crippen MR) is 70.3 cm³/mol. The van der Waals surface area contributed by atoms with Gasteiger partial charge >= 0.3 is 0 Å². The normalized spacial score (nSPS) is 25.1.